The molecule has 1 N–H and O–H groups in total. The standard InChI is InChI=1S/C33H32F3N5O3/c1-39(17-7-19-44-27-10-3-2-4-11-27)16-6-18-40-22-28-29(31(40)42)30(24-14-12-23(21-37)13-15-24)38-32(43)41(28)26-9-5-8-25(20-26)33(34,35)36/h2-5,8-15,20,30H,6-7,16-19,22H2,1H3,(H,38,43). The first-order chi connectivity index (χ1) is 21.2. The number of nitrogens with one attached hydrogen (secondary N) is 1. The fourth-order valence-corrected chi connectivity index (χ4v) is 5.46. The van der Waals surface area contributed by atoms with E-state index in [1.165, 1.54) is 17.0 Å². The van der Waals surface area contributed by atoms with Crippen molar-refractivity contribution in [1.29, 1.82) is 5.26 Å². The number of ether oxygens (including phenoxy) is 1. The average molecular weight is 604 g/mol. The van der Waals surface area contributed by atoms with Crippen molar-refractivity contribution < 1.29 is 27.5 Å². The first kappa shape index (κ1) is 30.6. The van der Waals surface area contributed by atoms with Crippen LogP contribution in [0.4, 0.5) is 23.7 Å². The van der Waals surface area contributed by atoms with Gasteiger partial charge in [0.25, 0.3) is 5.91 Å². The fraction of sp³-hybridized carbons (Fsp3) is 0.303. The maximum atomic E-state index is 13.8. The molecule has 5 rings (SSSR count). The van der Waals surface area contributed by atoms with Crippen molar-refractivity contribution in [3.63, 3.8) is 0 Å². The van der Waals surface area contributed by atoms with Gasteiger partial charge in [0.05, 0.1) is 53.3 Å². The van der Waals surface area contributed by atoms with Crippen molar-refractivity contribution in [3.05, 3.63) is 107 Å². The van der Waals surface area contributed by atoms with Crippen LogP contribution in [0.25, 0.3) is 0 Å². The zero-order valence-corrected chi connectivity index (χ0v) is 24.2. The Kier molecular flexibility index (Phi) is 9.20. The van der Waals surface area contributed by atoms with Crippen molar-refractivity contribution in [2.24, 2.45) is 0 Å². The van der Waals surface area contributed by atoms with Crippen molar-refractivity contribution in [1.82, 2.24) is 15.1 Å². The van der Waals surface area contributed by atoms with E-state index in [0.29, 0.717) is 48.5 Å². The topological polar surface area (TPSA) is 88.9 Å². The molecule has 3 amide bonds. The monoisotopic (exact) mass is 603 g/mol. The molecule has 3 aromatic carbocycles. The number of urea groups is 1. The number of rotatable bonds is 11. The summed E-state index contributed by atoms with van der Waals surface area (Å²) in [5, 5.41) is 12.0. The second-order valence-corrected chi connectivity index (χ2v) is 10.8. The van der Waals surface area contributed by atoms with Crippen LogP contribution in [0.2, 0.25) is 0 Å². The van der Waals surface area contributed by atoms with E-state index in [9.17, 15) is 28.0 Å². The van der Waals surface area contributed by atoms with Crippen molar-refractivity contribution >= 4 is 17.6 Å². The van der Waals surface area contributed by atoms with Gasteiger partial charge in [0.15, 0.2) is 0 Å². The number of carbonyl (C=O) groups is 2. The summed E-state index contributed by atoms with van der Waals surface area (Å²) in [5.41, 5.74) is 0.803. The number of anilines is 1. The Hall–Kier alpha value is -4.82. The highest BCUT2D eigenvalue weighted by atomic mass is 19.4. The third-order valence-electron chi connectivity index (χ3n) is 7.67. The van der Waals surface area contributed by atoms with E-state index in [1.54, 1.807) is 29.2 Å². The number of nitriles is 1. The summed E-state index contributed by atoms with van der Waals surface area (Å²) in [6.45, 7) is 2.59. The molecule has 0 aromatic heterocycles. The van der Waals surface area contributed by atoms with Crippen LogP contribution < -0.4 is 15.0 Å². The predicted molar refractivity (Wildman–Crippen MR) is 159 cm³/mol. The molecule has 0 aliphatic carbocycles. The molecule has 0 saturated carbocycles. The molecule has 11 heteroatoms. The average Bonchev–Trinajstić information content (AvgIpc) is 3.34. The summed E-state index contributed by atoms with van der Waals surface area (Å²) >= 11 is 0. The molecule has 0 saturated heterocycles. The van der Waals surface area contributed by atoms with Crippen LogP contribution in [0.1, 0.15) is 35.6 Å². The SMILES string of the molecule is CN(CCCOc1ccccc1)CCCN1CC2=C(C1=O)C(c1ccc(C#N)cc1)NC(=O)N2c1cccc(C(F)(F)F)c1. The fourth-order valence-electron chi connectivity index (χ4n) is 5.46. The quantitative estimate of drug-likeness (QED) is 0.283. The van der Waals surface area contributed by atoms with Gasteiger partial charge in [-0.15, -0.1) is 0 Å². The summed E-state index contributed by atoms with van der Waals surface area (Å²) in [6, 6.07) is 21.2. The number of para-hydroxylation sites is 1. The summed E-state index contributed by atoms with van der Waals surface area (Å²) in [7, 11) is 2.00. The summed E-state index contributed by atoms with van der Waals surface area (Å²) in [5.74, 6) is 0.538. The highest BCUT2D eigenvalue weighted by Crippen LogP contribution is 2.40. The van der Waals surface area contributed by atoms with Gasteiger partial charge in [-0.25, -0.2) is 4.79 Å². The highest BCUT2D eigenvalue weighted by molar-refractivity contribution is 6.07. The maximum Gasteiger partial charge on any atom is 0.416 e. The number of hydrogen-bond acceptors (Lipinski definition) is 5. The molecule has 0 bridgehead atoms. The number of halogens is 3. The molecule has 2 heterocycles. The van der Waals surface area contributed by atoms with Gasteiger partial charge in [-0.2, -0.15) is 18.4 Å². The lowest BCUT2D eigenvalue weighted by Gasteiger charge is -2.34. The normalized spacial score (nSPS) is 16.7. The molecule has 2 aliphatic heterocycles. The van der Waals surface area contributed by atoms with Gasteiger partial charge < -0.3 is 19.9 Å². The van der Waals surface area contributed by atoms with E-state index in [0.717, 1.165) is 30.8 Å². The minimum absolute atomic E-state index is 0.0233. The van der Waals surface area contributed by atoms with Crippen LogP contribution in [0, 0.1) is 11.3 Å². The number of amides is 3. The zero-order valence-electron chi connectivity index (χ0n) is 24.2. The van der Waals surface area contributed by atoms with Crippen molar-refractivity contribution in [2.45, 2.75) is 25.1 Å². The Balaban J connectivity index is 1.29. The molecule has 0 radical (unpaired) electrons. The first-order valence-electron chi connectivity index (χ1n) is 14.3. The van der Waals surface area contributed by atoms with Crippen LogP contribution in [0.3, 0.4) is 0 Å². The Morgan fingerprint density at radius 2 is 1.73 bits per heavy atom. The Morgan fingerprint density at radius 1 is 1.00 bits per heavy atom. The Labute approximate surface area is 253 Å². The maximum absolute atomic E-state index is 13.8. The molecule has 0 fully saturated rings. The van der Waals surface area contributed by atoms with Crippen LogP contribution >= 0.6 is 0 Å². The zero-order chi connectivity index (χ0) is 31.3. The Bertz CT molecular complexity index is 1570. The minimum Gasteiger partial charge on any atom is -0.494 e. The van der Waals surface area contributed by atoms with Crippen LogP contribution in [-0.2, 0) is 11.0 Å². The molecule has 2 aliphatic rings. The Morgan fingerprint density at radius 3 is 2.43 bits per heavy atom. The lowest BCUT2D eigenvalue weighted by Crippen LogP contribution is -2.47. The largest absolute Gasteiger partial charge is 0.494 e. The van der Waals surface area contributed by atoms with Crippen LogP contribution in [0.15, 0.2) is 90.1 Å². The number of benzene rings is 3. The number of alkyl halides is 3. The number of hydrogen-bond donors (Lipinski definition) is 1. The molecule has 3 aromatic rings. The van der Waals surface area contributed by atoms with Gasteiger partial charge in [0.2, 0.25) is 0 Å². The molecule has 228 valence electrons. The van der Waals surface area contributed by atoms with Gasteiger partial charge >= 0.3 is 12.2 Å². The highest BCUT2D eigenvalue weighted by Gasteiger charge is 2.45. The van der Waals surface area contributed by atoms with Gasteiger partial charge in [0.1, 0.15) is 5.75 Å². The van der Waals surface area contributed by atoms with E-state index in [-0.39, 0.29) is 18.1 Å². The molecule has 1 unspecified atom stereocenters. The van der Waals surface area contributed by atoms with Crippen LogP contribution in [0.5, 0.6) is 5.75 Å². The summed E-state index contributed by atoms with van der Waals surface area (Å²) in [6.07, 6.45) is -3.10. The molecule has 1 atom stereocenters. The van der Waals surface area contributed by atoms with Gasteiger partial charge in [0, 0.05) is 13.1 Å². The number of carbonyl (C=O) groups excluding carboxylic acids is 2. The molecule has 0 spiro atoms. The van der Waals surface area contributed by atoms with Gasteiger partial charge in [-0.3, -0.25) is 9.69 Å². The number of nitrogens with zero attached hydrogens (tertiary/aromatic N) is 4. The van der Waals surface area contributed by atoms with E-state index in [4.69, 9.17) is 4.74 Å². The van der Waals surface area contributed by atoms with Crippen LogP contribution in [-0.4, -0.2) is 61.6 Å². The second-order valence-electron chi connectivity index (χ2n) is 10.8. The predicted octanol–water partition coefficient (Wildman–Crippen LogP) is 5.74. The van der Waals surface area contributed by atoms with Crippen molar-refractivity contribution in [3.8, 4) is 11.8 Å². The third kappa shape index (κ3) is 6.87. The molecular weight excluding hydrogens is 571 g/mol. The molecular formula is C33H32F3N5O3. The van der Waals surface area contributed by atoms with Gasteiger partial charge in [-0.05, 0) is 74.5 Å². The molecule has 44 heavy (non-hydrogen) atoms. The minimum atomic E-state index is -4.60. The lowest BCUT2D eigenvalue weighted by molar-refractivity contribution is -0.137. The first-order valence-corrected chi connectivity index (χ1v) is 14.3. The summed E-state index contributed by atoms with van der Waals surface area (Å²) < 4.78 is 46.3. The lowest BCUT2D eigenvalue weighted by atomic mass is 9.94. The third-order valence-corrected chi connectivity index (χ3v) is 7.67. The van der Waals surface area contributed by atoms with E-state index >= 15 is 0 Å². The van der Waals surface area contributed by atoms with E-state index in [1.807, 2.05) is 43.4 Å². The van der Waals surface area contributed by atoms with Gasteiger partial charge in [-0.1, -0.05) is 36.4 Å². The smallest absolute Gasteiger partial charge is 0.416 e. The van der Waals surface area contributed by atoms with E-state index < -0.39 is 23.8 Å². The summed E-state index contributed by atoms with van der Waals surface area (Å²) in [4.78, 5) is 32.2. The molecule has 8 nitrogen and oxygen atoms in total. The van der Waals surface area contributed by atoms with Crippen molar-refractivity contribution in [2.75, 3.05) is 44.7 Å². The second kappa shape index (κ2) is 13.2. The van der Waals surface area contributed by atoms with E-state index in [2.05, 4.69) is 10.2 Å².